The van der Waals surface area contributed by atoms with Gasteiger partial charge in [0.15, 0.2) is 17.7 Å². The van der Waals surface area contributed by atoms with Gasteiger partial charge in [-0.3, -0.25) is 43.3 Å². The summed E-state index contributed by atoms with van der Waals surface area (Å²) in [6.45, 7) is 1.80. The summed E-state index contributed by atoms with van der Waals surface area (Å²) in [6.07, 6.45) is -8.51. The number of likely N-dealkylation sites (tertiary alicyclic amines) is 1. The minimum Gasteiger partial charge on any atom is -0.492 e. The van der Waals surface area contributed by atoms with Gasteiger partial charge in [0.2, 0.25) is 35.4 Å². The molecule has 1 aromatic carbocycles. The number of nitrogens with zero attached hydrogens (tertiary/aromatic N) is 4. The van der Waals surface area contributed by atoms with Crippen molar-refractivity contribution in [2.45, 2.75) is 95.0 Å². The normalized spacial score (nSPS) is 27.2. The highest BCUT2D eigenvalue weighted by molar-refractivity contribution is 8.13. The largest absolute Gasteiger partial charge is 0.492 e. The number of benzene rings is 1. The number of esters is 2. The number of hydrogen-bond acceptors (Lipinski definition) is 23. The lowest BCUT2D eigenvalue weighted by atomic mass is 9.94. The molecule has 1 aromatic heterocycles. The van der Waals surface area contributed by atoms with E-state index in [0.717, 1.165) is 16.7 Å². The Balaban J connectivity index is 0.881. The predicted octanol–water partition coefficient (Wildman–Crippen LogP) is -3.97. The summed E-state index contributed by atoms with van der Waals surface area (Å²) in [5.74, 6) is -4.47. The van der Waals surface area contributed by atoms with Crippen molar-refractivity contribution in [2.24, 2.45) is 5.92 Å². The van der Waals surface area contributed by atoms with Crippen molar-refractivity contribution >= 4 is 75.2 Å². The van der Waals surface area contributed by atoms with Crippen LogP contribution >= 0.6 is 11.8 Å². The number of carbonyl (C=O) groups excluding carboxylic acids is 9. The molecule has 0 saturated carbocycles. The minimum atomic E-state index is -1.45. The first-order chi connectivity index (χ1) is 36.8. The second-order valence-corrected chi connectivity index (χ2v) is 19.7. The summed E-state index contributed by atoms with van der Waals surface area (Å²) >= 11 is 0.966. The number of nitrogens with one attached hydrogen (secondary N) is 2. The number of aromatic nitrogens is 1. The number of hydrogen-bond donors (Lipinski definition) is 6. The topological polar surface area (TPSA) is 356 Å². The number of aliphatic hydroxyl groups excluding tert-OH is 4. The lowest BCUT2D eigenvalue weighted by molar-refractivity contribution is -0.296. The Morgan fingerprint density at radius 3 is 1.83 bits per heavy atom. The zero-order valence-corrected chi connectivity index (χ0v) is 43.3. The molecule has 28 nitrogen and oxygen atoms in total. The highest BCUT2D eigenvalue weighted by Crippen LogP contribution is 2.31. The molecular formula is C48H64N6O22S. The zero-order chi connectivity index (χ0) is 55.5. The first-order valence-electron chi connectivity index (χ1n) is 24.9. The summed E-state index contributed by atoms with van der Waals surface area (Å²) in [7, 11) is 0. The Hall–Kier alpha value is -5.86. The molecule has 2 aromatic rings. The van der Waals surface area contributed by atoms with Crippen LogP contribution in [0.2, 0.25) is 0 Å². The molecule has 424 valence electrons. The molecule has 0 spiro atoms. The standard InChI is InChI=1S/C48H64N6O22S/c1-25(55)52-6-10-73-47-39(52)43(64)41(62)33(75-47)18-49-35(58)22-68-12-14-71-38(61)21-51-20-31(30-17-29(4-5-32(30)51)70-9-8-54-37(60)16-28(45(54)66)24-77-27(3)57)46(67)72-15-13-69-23-36(59)50-19-34-42(63)44(65)40-48(76-34)74-11-7-53(40)26(2)56/h4-5,17,20,28,33-34,39-44,47-48,62-65H,6-16,18-19,21-24H2,1-3H3,(H,49,58)(H,50,59)/t28?,33-,34?,39-,40-,41+,42+,43-,44-,47?,48?/m1/s1. The van der Waals surface area contributed by atoms with Crippen LogP contribution < -0.4 is 15.4 Å². The quantitative estimate of drug-likeness (QED) is 0.0351. The molecule has 77 heavy (non-hydrogen) atoms. The summed E-state index contributed by atoms with van der Waals surface area (Å²) in [4.78, 5) is 117. The molecule has 11 atom stereocenters. The van der Waals surface area contributed by atoms with Crippen LogP contribution in [0.4, 0.5) is 0 Å². The van der Waals surface area contributed by atoms with Crippen molar-refractivity contribution in [1.82, 2.24) is 29.9 Å². The molecule has 6 amide bonds. The Morgan fingerprint density at radius 2 is 1.29 bits per heavy atom. The SMILES string of the molecule is CC(=O)SCC1CC(=O)N(CCOc2ccc3c(c2)c(C(=O)OCCOCC(=O)NCC2OC4OCCN(C(C)=O)[C@@H]4[C@@H](O)[C@H]2O)cn3CC(=O)OCCOCC(=O)NC[C@H]2OC3OCCN(C(C)=O)[C@@H]3[C@@H](O)[C@H]2O)C1=O. The number of imide groups is 1. The van der Waals surface area contributed by atoms with Gasteiger partial charge in [-0.25, -0.2) is 4.79 Å². The lowest BCUT2D eigenvalue weighted by Crippen LogP contribution is -2.68. The average molecular weight is 1110 g/mol. The number of thioether (sulfide) groups is 1. The predicted molar refractivity (Wildman–Crippen MR) is 260 cm³/mol. The number of amides is 6. The molecule has 5 saturated heterocycles. The van der Waals surface area contributed by atoms with Crippen LogP contribution in [0.3, 0.4) is 0 Å². The molecule has 5 aliphatic rings. The summed E-state index contributed by atoms with van der Waals surface area (Å²) in [6, 6.07) is 2.78. The van der Waals surface area contributed by atoms with Gasteiger partial charge in [0.1, 0.15) is 94.0 Å². The number of morpholine rings is 2. The van der Waals surface area contributed by atoms with Gasteiger partial charge in [-0.05, 0) is 18.2 Å². The van der Waals surface area contributed by atoms with E-state index in [-0.39, 0.29) is 125 Å². The summed E-state index contributed by atoms with van der Waals surface area (Å²) in [5.41, 5.74) is 0.370. The van der Waals surface area contributed by atoms with Crippen LogP contribution in [-0.2, 0) is 82.8 Å². The first-order valence-corrected chi connectivity index (χ1v) is 25.9. The molecule has 7 rings (SSSR count). The zero-order valence-electron chi connectivity index (χ0n) is 42.5. The van der Waals surface area contributed by atoms with Crippen molar-refractivity contribution in [1.29, 1.82) is 0 Å². The van der Waals surface area contributed by atoms with E-state index in [0.29, 0.717) is 5.52 Å². The van der Waals surface area contributed by atoms with E-state index in [2.05, 4.69) is 10.6 Å². The van der Waals surface area contributed by atoms with Crippen molar-refractivity contribution < 1.29 is 106 Å². The number of fused-ring (bicyclic) bond motifs is 3. The van der Waals surface area contributed by atoms with Crippen molar-refractivity contribution in [3.05, 3.63) is 30.0 Å². The first kappa shape index (κ1) is 58.8. The third kappa shape index (κ3) is 14.8. The highest BCUT2D eigenvalue weighted by atomic mass is 32.2. The second-order valence-electron chi connectivity index (χ2n) is 18.6. The van der Waals surface area contributed by atoms with E-state index in [1.54, 1.807) is 12.1 Å². The maximum atomic E-state index is 13.6. The van der Waals surface area contributed by atoms with E-state index < -0.39 is 123 Å². The highest BCUT2D eigenvalue weighted by Gasteiger charge is 2.51. The molecule has 0 radical (unpaired) electrons. The molecule has 5 aliphatic heterocycles. The van der Waals surface area contributed by atoms with Gasteiger partial charge < -0.3 is 88.1 Å². The molecule has 29 heteroatoms. The fourth-order valence-electron chi connectivity index (χ4n) is 9.46. The van der Waals surface area contributed by atoms with Gasteiger partial charge in [0.25, 0.3) is 0 Å². The van der Waals surface area contributed by atoms with Crippen LogP contribution in [0, 0.1) is 5.92 Å². The minimum absolute atomic E-state index is 0.00495. The van der Waals surface area contributed by atoms with Crippen molar-refractivity contribution in [3.8, 4) is 5.75 Å². The summed E-state index contributed by atoms with van der Waals surface area (Å²) < 4.78 is 51.5. The van der Waals surface area contributed by atoms with Crippen molar-refractivity contribution in [2.75, 3.05) is 97.9 Å². The van der Waals surface area contributed by atoms with Crippen LogP contribution in [0.15, 0.2) is 24.4 Å². The number of ether oxygens (including phenoxy) is 9. The maximum Gasteiger partial charge on any atom is 0.340 e. The van der Waals surface area contributed by atoms with Gasteiger partial charge in [0.05, 0.1) is 44.5 Å². The Kier molecular flexibility index (Phi) is 20.7. The Morgan fingerprint density at radius 1 is 0.727 bits per heavy atom. The van der Waals surface area contributed by atoms with E-state index in [1.807, 2.05) is 0 Å². The molecule has 6 N–H and O–H groups in total. The fraction of sp³-hybridized carbons (Fsp3) is 0.646. The lowest BCUT2D eigenvalue weighted by Gasteiger charge is -2.49. The van der Waals surface area contributed by atoms with E-state index >= 15 is 0 Å². The van der Waals surface area contributed by atoms with E-state index in [9.17, 15) is 63.6 Å². The molecule has 5 fully saturated rings. The van der Waals surface area contributed by atoms with Gasteiger partial charge in [-0.2, -0.15) is 0 Å². The number of aliphatic hydroxyl groups is 4. The average Bonchev–Trinajstić information content (AvgIpc) is 3.96. The van der Waals surface area contributed by atoms with Gasteiger partial charge in [0, 0.05) is 76.2 Å². The Labute approximate surface area is 444 Å². The molecule has 6 heterocycles. The van der Waals surface area contributed by atoms with Crippen molar-refractivity contribution in [3.63, 3.8) is 0 Å². The fourth-order valence-corrected chi connectivity index (χ4v) is 10.2. The van der Waals surface area contributed by atoms with Crippen LogP contribution in [-0.4, -0.2) is 251 Å². The van der Waals surface area contributed by atoms with E-state index in [4.69, 9.17) is 42.6 Å². The van der Waals surface area contributed by atoms with Crippen LogP contribution in [0.1, 0.15) is 37.6 Å². The molecular weight excluding hydrogens is 1040 g/mol. The monoisotopic (exact) mass is 1110 g/mol. The number of carbonyl (C=O) groups is 9. The van der Waals surface area contributed by atoms with Gasteiger partial charge >= 0.3 is 11.9 Å². The Bertz CT molecular complexity index is 2490. The second kappa shape index (κ2) is 27.1. The van der Waals surface area contributed by atoms with Gasteiger partial charge in [-0.15, -0.1) is 0 Å². The molecule has 0 bridgehead atoms. The molecule has 0 aliphatic carbocycles. The third-order valence-corrected chi connectivity index (χ3v) is 14.3. The van der Waals surface area contributed by atoms with E-state index in [1.165, 1.54) is 47.4 Å². The van der Waals surface area contributed by atoms with Gasteiger partial charge in [-0.1, -0.05) is 11.8 Å². The molecule has 4 unspecified atom stereocenters. The summed E-state index contributed by atoms with van der Waals surface area (Å²) in [5, 5.41) is 48.0. The van der Waals surface area contributed by atoms with Crippen LogP contribution in [0.5, 0.6) is 5.75 Å². The smallest absolute Gasteiger partial charge is 0.340 e. The number of rotatable bonds is 23. The third-order valence-electron chi connectivity index (χ3n) is 13.3. The van der Waals surface area contributed by atoms with Crippen LogP contribution in [0.25, 0.3) is 10.9 Å². The maximum absolute atomic E-state index is 13.6.